The molecule has 0 saturated carbocycles. The molecule has 2 heterocycles. The standard InChI is InChI=1S/C26H24N2O2S/c1-17-14-18(2)26(19(3)15-17)31(29,30)28-13-12-20-8-4-5-9-21(20)25(28)23-16-27-24-11-7-6-10-22(23)24/h4-16,25,27H,1-3H3. The molecular weight excluding hydrogens is 404 g/mol. The number of fused-ring (bicyclic) bond motifs is 2. The van der Waals surface area contributed by atoms with E-state index in [4.69, 9.17) is 0 Å². The van der Waals surface area contributed by atoms with Crippen LogP contribution in [0.4, 0.5) is 0 Å². The summed E-state index contributed by atoms with van der Waals surface area (Å²) in [6.45, 7) is 5.73. The van der Waals surface area contributed by atoms with Crippen LogP contribution in [0.5, 0.6) is 0 Å². The fraction of sp³-hybridized carbons (Fsp3) is 0.154. The van der Waals surface area contributed by atoms with Crippen LogP contribution in [-0.4, -0.2) is 17.7 Å². The van der Waals surface area contributed by atoms with Crippen LogP contribution in [0.25, 0.3) is 17.0 Å². The van der Waals surface area contributed by atoms with Crippen molar-refractivity contribution in [3.8, 4) is 0 Å². The van der Waals surface area contributed by atoms with E-state index in [1.54, 1.807) is 6.20 Å². The van der Waals surface area contributed by atoms with E-state index in [0.29, 0.717) is 4.90 Å². The predicted octanol–water partition coefficient (Wildman–Crippen LogP) is 5.86. The second-order valence-corrected chi connectivity index (χ2v) is 9.98. The number of benzene rings is 3. The number of para-hydroxylation sites is 1. The minimum Gasteiger partial charge on any atom is -0.361 e. The molecule has 5 rings (SSSR count). The molecule has 0 fully saturated rings. The summed E-state index contributed by atoms with van der Waals surface area (Å²) in [5, 5.41) is 1.02. The molecule has 1 aliphatic heterocycles. The third-order valence-electron chi connectivity index (χ3n) is 6.00. The SMILES string of the molecule is Cc1cc(C)c(S(=O)(=O)N2C=Cc3ccccc3C2c2c[nH]c3ccccc23)c(C)c1. The summed E-state index contributed by atoms with van der Waals surface area (Å²) < 4.78 is 29.6. The van der Waals surface area contributed by atoms with Crippen molar-refractivity contribution in [3.63, 3.8) is 0 Å². The van der Waals surface area contributed by atoms with Crippen LogP contribution in [0.15, 0.2) is 78.0 Å². The lowest BCUT2D eigenvalue weighted by Gasteiger charge is -2.35. The van der Waals surface area contributed by atoms with Crippen molar-refractivity contribution in [2.45, 2.75) is 31.7 Å². The van der Waals surface area contributed by atoms with Crippen LogP contribution in [0.3, 0.4) is 0 Å². The van der Waals surface area contributed by atoms with Crippen molar-refractivity contribution >= 4 is 27.0 Å². The highest BCUT2D eigenvalue weighted by Crippen LogP contribution is 2.42. The molecule has 156 valence electrons. The van der Waals surface area contributed by atoms with Gasteiger partial charge < -0.3 is 4.98 Å². The van der Waals surface area contributed by atoms with Crippen molar-refractivity contribution in [2.75, 3.05) is 0 Å². The number of hydrogen-bond donors (Lipinski definition) is 1. The summed E-state index contributed by atoms with van der Waals surface area (Å²) in [6.07, 6.45) is 5.53. The average Bonchev–Trinajstić information content (AvgIpc) is 3.15. The van der Waals surface area contributed by atoms with E-state index in [1.165, 1.54) is 4.31 Å². The first-order valence-corrected chi connectivity index (χ1v) is 11.8. The van der Waals surface area contributed by atoms with Gasteiger partial charge in [-0.25, -0.2) is 8.42 Å². The van der Waals surface area contributed by atoms with Gasteiger partial charge in [0.2, 0.25) is 0 Å². The lowest BCUT2D eigenvalue weighted by Crippen LogP contribution is -2.34. The van der Waals surface area contributed by atoms with Crippen molar-refractivity contribution in [1.29, 1.82) is 0 Å². The van der Waals surface area contributed by atoms with Crippen molar-refractivity contribution in [2.24, 2.45) is 0 Å². The fourth-order valence-corrected chi connectivity index (χ4v) is 6.68. The van der Waals surface area contributed by atoms with Crippen molar-refractivity contribution in [1.82, 2.24) is 9.29 Å². The lowest BCUT2D eigenvalue weighted by molar-refractivity contribution is 0.448. The molecule has 1 aliphatic rings. The smallest absolute Gasteiger partial charge is 0.265 e. The van der Waals surface area contributed by atoms with Crippen LogP contribution >= 0.6 is 0 Å². The molecule has 4 nitrogen and oxygen atoms in total. The second-order valence-electron chi connectivity index (χ2n) is 8.20. The highest BCUT2D eigenvalue weighted by atomic mass is 32.2. The normalized spacial score (nSPS) is 16.0. The maximum atomic E-state index is 14.1. The monoisotopic (exact) mass is 428 g/mol. The zero-order valence-corrected chi connectivity index (χ0v) is 18.6. The first-order valence-electron chi connectivity index (χ1n) is 10.3. The van der Waals surface area contributed by atoms with E-state index in [2.05, 4.69) is 4.98 Å². The number of hydrogen-bond acceptors (Lipinski definition) is 2. The summed E-state index contributed by atoms with van der Waals surface area (Å²) in [4.78, 5) is 3.69. The Labute approximate surface area is 182 Å². The number of rotatable bonds is 3. The van der Waals surface area contributed by atoms with Gasteiger partial charge in [0.25, 0.3) is 10.0 Å². The largest absolute Gasteiger partial charge is 0.361 e. The van der Waals surface area contributed by atoms with E-state index in [0.717, 1.165) is 44.3 Å². The van der Waals surface area contributed by atoms with Gasteiger partial charge in [-0.05, 0) is 55.2 Å². The van der Waals surface area contributed by atoms with Gasteiger partial charge in [0.05, 0.1) is 10.9 Å². The molecule has 5 heteroatoms. The third-order valence-corrected chi connectivity index (χ3v) is 8.05. The van der Waals surface area contributed by atoms with E-state index in [9.17, 15) is 8.42 Å². The average molecular weight is 429 g/mol. The first-order chi connectivity index (χ1) is 14.9. The van der Waals surface area contributed by atoms with Crippen LogP contribution in [0.1, 0.15) is 39.4 Å². The Morgan fingerprint density at radius 2 is 1.55 bits per heavy atom. The number of aromatic amines is 1. The molecule has 1 aromatic heterocycles. The summed E-state index contributed by atoms with van der Waals surface area (Å²) in [7, 11) is -3.79. The quantitative estimate of drug-likeness (QED) is 0.444. The molecule has 0 bridgehead atoms. The highest BCUT2D eigenvalue weighted by molar-refractivity contribution is 7.89. The molecule has 0 saturated heterocycles. The minimum absolute atomic E-state index is 0.381. The van der Waals surface area contributed by atoms with Gasteiger partial charge in [0.1, 0.15) is 0 Å². The number of aromatic nitrogens is 1. The molecule has 0 radical (unpaired) electrons. The van der Waals surface area contributed by atoms with Crippen LogP contribution in [0.2, 0.25) is 0 Å². The van der Waals surface area contributed by atoms with Gasteiger partial charge in [-0.1, -0.05) is 60.2 Å². The Bertz CT molecular complexity index is 1420. The fourth-order valence-electron chi connectivity index (χ4n) is 4.81. The molecule has 0 spiro atoms. The maximum Gasteiger partial charge on any atom is 0.265 e. The molecule has 3 aromatic carbocycles. The Morgan fingerprint density at radius 1 is 0.871 bits per heavy atom. The third kappa shape index (κ3) is 3.08. The zero-order chi connectivity index (χ0) is 21.8. The molecule has 1 atom stereocenters. The van der Waals surface area contributed by atoms with E-state index in [-0.39, 0.29) is 0 Å². The van der Waals surface area contributed by atoms with Gasteiger partial charge in [-0.15, -0.1) is 0 Å². The summed E-state index contributed by atoms with van der Waals surface area (Å²) in [6, 6.07) is 19.4. The van der Waals surface area contributed by atoms with Gasteiger partial charge in [0, 0.05) is 28.9 Å². The van der Waals surface area contributed by atoms with Gasteiger partial charge >= 0.3 is 0 Å². The van der Waals surface area contributed by atoms with Crippen molar-refractivity contribution < 1.29 is 8.42 Å². The van der Waals surface area contributed by atoms with Crippen molar-refractivity contribution in [3.05, 3.63) is 106 Å². The predicted molar refractivity (Wildman–Crippen MR) is 125 cm³/mol. The number of nitrogens with one attached hydrogen (secondary N) is 1. The Kier molecular flexibility index (Phi) is 4.52. The second kappa shape index (κ2) is 7.13. The van der Waals surface area contributed by atoms with E-state index < -0.39 is 16.1 Å². The summed E-state index contributed by atoms with van der Waals surface area (Å²) in [5.74, 6) is 0. The summed E-state index contributed by atoms with van der Waals surface area (Å²) in [5.41, 5.74) is 6.52. The lowest BCUT2D eigenvalue weighted by atomic mass is 9.92. The number of nitrogens with zero attached hydrogens (tertiary/aromatic N) is 1. The Hall–Kier alpha value is -3.31. The van der Waals surface area contributed by atoms with Crippen LogP contribution in [-0.2, 0) is 10.0 Å². The first kappa shape index (κ1) is 19.6. The zero-order valence-electron chi connectivity index (χ0n) is 17.8. The van der Waals surface area contributed by atoms with E-state index >= 15 is 0 Å². The molecule has 31 heavy (non-hydrogen) atoms. The van der Waals surface area contributed by atoms with Gasteiger partial charge in [-0.2, -0.15) is 0 Å². The summed E-state index contributed by atoms with van der Waals surface area (Å²) >= 11 is 0. The topological polar surface area (TPSA) is 53.2 Å². The minimum atomic E-state index is -3.79. The molecule has 1 unspecified atom stereocenters. The molecule has 1 N–H and O–H groups in total. The number of sulfonamides is 1. The van der Waals surface area contributed by atoms with Crippen LogP contribution < -0.4 is 0 Å². The highest BCUT2D eigenvalue weighted by Gasteiger charge is 2.36. The van der Waals surface area contributed by atoms with Gasteiger partial charge in [0.15, 0.2) is 0 Å². The molecular formula is C26H24N2O2S. The van der Waals surface area contributed by atoms with E-state index in [1.807, 2.05) is 93.7 Å². The molecule has 0 amide bonds. The Balaban J connectivity index is 1.77. The molecule has 4 aromatic rings. The van der Waals surface area contributed by atoms with Crippen LogP contribution in [0, 0.1) is 20.8 Å². The maximum absolute atomic E-state index is 14.1. The molecule has 0 aliphatic carbocycles. The number of aryl methyl sites for hydroxylation is 3. The number of H-pyrrole nitrogens is 1. The van der Waals surface area contributed by atoms with Gasteiger partial charge in [-0.3, -0.25) is 4.31 Å². The Morgan fingerprint density at radius 3 is 2.32 bits per heavy atom.